The Bertz CT molecular complexity index is 527. The molecule has 1 heterocycles. The van der Waals surface area contributed by atoms with Crippen LogP contribution in [0.15, 0.2) is 24.3 Å². The molecule has 1 aliphatic heterocycles. The third-order valence-corrected chi connectivity index (χ3v) is 4.32. The van der Waals surface area contributed by atoms with Gasteiger partial charge in [-0.05, 0) is 45.0 Å². The molecule has 6 heteroatoms. The SMILES string of the molecule is C[C@H](C(=O)Nc1ccccc1Cl)N1CCC(C(N)=O)CC1. The second-order valence-electron chi connectivity index (χ2n) is 5.36. The predicted octanol–water partition coefficient (Wildman–Crippen LogP) is 1.86. The van der Waals surface area contributed by atoms with E-state index in [0.717, 1.165) is 0 Å². The summed E-state index contributed by atoms with van der Waals surface area (Å²) in [6, 6.07) is 6.88. The number of nitrogens with two attached hydrogens (primary N) is 1. The van der Waals surface area contributed by atoms with Crippen molar-refractivity contribution in [1.82, 2.24) is 4.90 Å². The summed E-state index contributed by atoms with van der Waals surface area (Å²) in [7, 11) is 0. The number of halogens is 1. The molecule has 0 radical (unpaired) electrons. The van der Waals surface area contributed by atoms with Gasteiger partial charge in [0.1, 0.15) is 0 Å². The van der Waals surface area contributed by atoms with Crippen molar-refractivity contribution in [2.45, 2.75) is 25.8 Å². The zero-order valence-electron chi connectivity index (χ0n) is 12.0. The highest BCUT2D eigenvalue weighted by Gasteiger charge is 2.28. The molecule has 0 aromatic heterocycles. The van der Waals surface area contributed by atoms with Gasteiger partial charge in [0.15, 0.2) is 0 Å². The standard InChI is InChI=1S/C15H20ClN3O2/c1-10(19-8-6-11(7-9-19)14(17)20)15(21)18-13-5-3-2-4-12(13)16/h2-5,10-11H,6-9H2,1H3,(H2,17,20)(H,18,21)/t10-/m1/s1. The Kier molecular flexibility index (Phi) is 5.20. The van der Waals surface area contributed by atoms with Gasteiger partial charge in [0, 0.05) is 5.92 Å². The molecule has 114 valence electrons. The lowest BCUT2D eigenvalue weighted by Gasteiger charge is -2.34. The lowest BCUT2D eigenvalue weighted by Crippen LogP contribution is -2.47. The fourth-order valence-corrected chi connectivity index (χ4v) is 2.72. The summed E-state index contributed by atoms with van der Waals surface area (Å²) in [6.07, 6.45) is 1.41. The minimum absolute atomic E-state index is 0.0694. The van der Waals surface area contributed by atoms with Crippen LogP contribution in [-0.4, -0.2) is 35.8 Å². The van der Waals surface area contributed by atoms with Gasteiger partial charge in [0.2, 0.25) is 11.8 Å². The number of likely N-dealkylation sites (tertiary alicyclic amines) is 1. The number of hydrogen-bond donors (Lipinski definition) is 2. The maximum Gasteiger partial charge on any atom is 0.241 e. The van der Waals surface area contributed by atoms with E-state index in [1.807, 2.05) is 19.1 Å². The van der Waals surface area contributed by atoms with Gasteiger partial charge < -0.3 is 11.1 Å². The Morgan fingerprint density at radius 2 is 1.95 bits per heavy atom. The molecule has 2 rings (SSSR count). The molecular formula is C15H20ClN3O2. The van der Waals surface area contributed by atoms with E-state index in [4.69, 9.17) is 17.3 Å². The van der Waals surface area contributed by atoms with E-state index in [-0.39, 0.29) is 23.8 Å². The summed E-state index contributed by atoms with van der Waals surface area (Å²) in [5.41, 5.74) is 5.93. The Morgan fingerprint density at radius 1 is 1.33 bits per heavy atom. The average Bonchev–Trinajstić information content (AvgIpc) is 2.49. The summed E-state index contributed by atoms with van der Waals surface area (Å²) >= 11 is 6.03. The number of nitrogens with zero attached hydrogens (tertiary/aromatic N) is 1. The van der Waals surface area contributed by atoms with E-state index in [0.29, 0.717) is 36.6 Å². The van der Waals surface area contributed by atoms with Crippen LogP contribution >= 0.6 is 11.6 Å². The number of para-hydroxylation sites is 1. The molecule has 0 spiro atoms. The van der Waals surface area contributed by atoms with Crippen molar-refractivity contribution in [3.05, 3.63) is 29.3 Å². The summed E-state index contributed by atoms with van der Waals surface area (Å²) in [5.74, 6) is -0.413. The predicted molar refractivity (Wildman–Crippen MR) is 83.0 cm³/mol. The minimum atomic E-state index is -0.268. The topological polar surface area (TPSA) is 75.4 Å². The molecular weight excluding hydrogens is 290 g/mol. The first-order chi connectivity index (χ1) is 9.99. The van der Waals surface area contributed by atoms with Crippen LogP contribution in [0.3, 0.4) is 0 Å². The summed E-state index contributed by atoms with van der Waals surface area (Å²) < 4.78 is 0. The molecule has 2 amide bonds. The average molecular weight is 310 g/mol. The highest BCUT2D eigenvalue weighted by atomic mass is 35.5. The van der Waals surface area contributed by atoms with Gasteiger partial charge in [-0.3, -0.25) is 14.5 Å². The van der Waals surface area contributed by atoms with Crippen LogP contribution in [0.1, 0.15) is 19.8 Å². The van der Waals surface area contributed by atoms with Gasteiger partial charge in [-0.15, -0.1) is 0 Å². The second-order valence-corrected chi connectivity index (χ2v) is 5.76. The molecule has 0 aliphatic carbocycles. The van der Waals surface area contributed by atoms with E-state index in [9.17, 15) is 9.59 Å². The number of primary amides is 1. The largest absolute Gasteiger partial charge is 0.369 e. The number of hydrogen-bond acceptors (Lipinski definition) is 3. The van der Waals surface area contributed by atoms with Crippen LogP contribution in [-0.2, 0) is 9.59 Å². The van der Waals surface area contributed by atoms with E-state index < -0.39 is 0 Å². The first kappa shape index (κ1) is 15.8. The normalized spacial score (nSPS) is 18.2. The summed E-state index contributed by atoms with van der Waals surface area (Å²) in [6.45, 7) is 3.26. The number of carbonyl (C=O) groups excluding carboxylic acids is 2. The van der Waals surface area contributed by atoms with E-state index >= 15 is 0 Å². The van der Waals surface area contributed by atoms with Crippen molar-refractivity contribution >= 4 is 29.1 Å². The molecule has 1 aromatic carbocycles. The lowest BCUT2D eigenvalue weighted by molar-refractivity contribution is -0.124. The van der Waals surface area contributed by atoms with Crippen LogP contribution in [0, 0.1) is 5.92 Å². The molecule has 0 unspecified atom stereocenters. The zero-order valence-corrected chi connectivity index (χ0v) is 12.8. The smallest absolute Gasteiger partial charge is 0.241 e. The van der Waals surface area contributed by atoms with Crippen LogP contribution in [0.2, 0.25) is 5.02 Å². The molecule has 5 nitrogen and oxygen atoms in total. The Hall–Kier alpha value is -1.59. The Balaban J connectivity index is 1.92. The molecule has 0 saturated carbocycles. The number of piperidine rings is 1. The van der Waals surface area contributed by atoms with Crippen molar-refractivity contribution in [2.24, 2.45) is 11.7 Å². The zero-order chi connectivity index (χ0) is 15.4. The number of carbonyl (C=O) groups is 2. The number of anilines is 1. The fraction of sp³-hybridized carbons (Fsp3) is 0.467. The molecule has 1 aromatic rings. The highest BCUT2D eigenvalue weighted by molar-refractivity contribution is 6.33. The van der Waals surface area contributed by atoms with Gasteiger partial charge in [-0.1, -0.05) is 23.7 Å². The molecule has 1 fully saturated rings. The molecule has 1 saturated heterocycles. The highest BCUT2D eigenvalue weighted by Crippen LogP contribution is 2.22. The lowest BCUT2D eigenvalue weighted by atomic mass is 9.95. The number of benzene rings is 1. The molecule has 3 N–H and O–H groups in total. The molecule has 1 aliphatic rings. The van der Waals surface area contributed by atoms with E-state index in [2.05, 4.69) is 10.2 Å². The maximum atomic E-state index is 12.3. The third-order valence-electron chi connectivity index (χ3n) is 3.99. The van der Waals surface area contributed by atoms with Crippen molar-refractivity contribution in [2.75, 3.05) is 18.4 Å². The van der Waals surface area contributed by atoms with Gasteiger partial charge in [-0.25, -0.2) is 0 Å². The van der Waals surface area contributed by atoms with Crippen molar-refractivity contribution in [3.63, 3.8) is 0 Å². The quantitative estimate of drug-likeness (QED) is 0.891. The van der Waals surface area contributed by atoms with Crippen molar-refractivity contribution in [3.8, 4) is 0 Å². The van der Waals surface area contributed by atoms with Gasteiger partial charge in [0.25, 0.3) is 0 Å². The second kappa shape index (κ2) is 6.91. The fourth-order valence-electron chi connectivity index (χ4n) is 2.54. The van der Waals surface area contributed by atoms with Gasteiger partial charge in [0.05, 0.1) is 16.8 Å². The Morgan fingerprint density at radius 3 is 2.52 bits per heavy atom. The first-order valence-corrected chi connectivity index (χ1v) is 7.45. The van der Waals surface area contributed by atoms with Crippen LogP contribution < -0.4 is 11.1 Å². The third kappa shape index (κ3) is 3.95. The van der Waals surface area contributed by atoms with Crippen molar-refractivity contribution < 1.29 is 9.59 Å². The number of nitrogens with one attached hydrogen (secondary N) is 1. The number of rotatable bonds is 4. The van der Waals surface area contributed by atoms with Crippen LogP contribution in [0.4, 0.5) is 5.69 Å². The van der Waals surface area contributed by atoms with Gasteiger partial charge in [-0.2, -0.15) is 0 Å². The Labute approximate surface area is 129 Å². The molecule has 21 heavy (non-hydrogen) atoms. The summed E-state index contributed by atoms with van der Waals surface area (Å²) in [5, 5.41) is 3.36. The monoisotopic (exact) mass is 309 g/mol. The minimum Gasteiger partial charge on any atom is -0.369 e. The first-order valence-electron chi connectivity index (χ1n) is 7.08. The molecule has 1 atom stereocenters. The van der Waals surface area contributed by atoms with Crippen molar-refractivity contribution in [1.29, 1.82) is 0 Å². The maximum absolute atomic E-state index is 12.3. The van der Waals surface area contributed by atoms with E-state index in [1.165, 1.54) is 0 Å². The number of amides is 2. The van der Waals surface area contributed by atoms with E-state index in [1.54, 1.807) is 12.1 Å². The van der Waals surface area contributed by atoms with Gasteiger partial charge >= 0.3 is 0 Å². The molecule has 0 bridgehead atoms. The summed E-state index contributed by atoms with van der Waals surface area (Å²) in [4.78, 5) is 25.5. The van der Waals surface area contributed by atoms with Crippen LogP contribution in [0.25, 0.3) is 0 Å². The van der Waals surface area contributed by atoms with Crippen LogP contribution in [0.5, 0.6) is 0 Å².